The molecule has 0 amide bonds. The normalized spacial score (nSPS) is 11.6. The van der Waals surface area contributed by atoms with Crippen LogP contribution in [0.15, 0.2) is 29.3 Å². The minimum atomic E-state index is 0.215. The number of amidine groups is 1. The fourth-order valence-corrected chi connectivity index (χ4v) is 0.989. The van der Waals surface area contributed by atoms with Crippen LogP contribution in [0.25, 0.3) is 0 Å². The zero-order valence-electron chi connectivity index (χ0n) is 7.70. The molecule has 0 unspecified atom stereocenters. The van der Waals surface area contributed by atoms with Crippen LogP contribution in [0.3, 0.4) is 0 Å². The van der Waals surface area contributed by atoms with Gasteiger partial charge in [-0.2, -0.15) is 0 Å². The summed E-state index contributed by atoms with van der Waals surface area (Å²) in [6.07, 6.45) is 0.972. The first-order chi connectivity index (χ1) is 6.24. The Hall–Kier alpha value is -1.51. The first-order valence-corrected chi connectivity index (χ1v) is 4.33. The maximum Gasteiger partial charge on any atom is 0.125 e. The van der Waals surface area contributed by atoms with E-state index in [2.05, 4.69) is 4.99 Å². The summed E-state index contributed by atoms with van der Waals surface area (Å²) < 4.78 is 0. The average molecular weight is 178 g/mol. The average Bonchev–Trinajstić information content (AvgIpc) is 2.14. The Labute approximate surface area is 77.9 Å². The predicted octanol–water partition coefficient (Wildman–Crippen LogP) is 1.51. The van der Waals surface area contributed by atoms with Gasteiger partial charge in [0.1, 0.15) is 11.6 Å². The van der Waals surface area contributed by atoms with Crippen LogP contribution < -0.4 is 5.73 Å². The predicted molar refractivity (Wildman–Crippen MR) is 54.0 cm³/mol. The Balaban J connectivity index is 2.82. The topological polar surface area (TPSA) is 58.6 Å². The van der Waals surface area contributed by atoms with E-state index in [-0.39, 0.29) is 5.75 Å². The fourth-order valence-electron chi connectivity index (χ4n) is 0.989. The van der Waals surface area contributed by atoms with Crippen molar-refractivity contribution in [1.29, 1.82) is 0 Å². The zero-order chi connectivity index (χ0) is 9.68. The number of nitrogens with zero attached hydrogens (tertiary/aromatic N) is 1. The van der Waals surface area contributed by atoms with E-state index in [4.69, 9.17) is 5.73 Å². The Bertz CT molecular complexity index is 308. The number of nitrogens with two attached hydrogens (primary N) is 1. The SMILES string of the molecule is CCCN=C(N)c1cccc(O)c1. The number of aromatic hydroxyl groups is 1. The van der Waals surface area contributed by atoms with Gasteiger partial charge in [-0.05, 0) is 18.6 Å². The van der Waals surface area contributed by atoms with Gasteiger partial charge in [-0.15, -0.1) is 0 Å². The Morgan fingerprint density at radius 3 is 2.92 bits per heavy atom. The lowest BCUT2D eigenvalue weighted by Crippen LogP contribution is -2.13. The minimum absolute atomic E-state index is 0.215. The third kappa shape index (κ3) is 2.78. The monoisotopic (exact) mass is 178 g/mol. The van der Waals surface area contributed by atoms with Crippen molar-refractivity contribution in [3.63, 3.8) is 0 Å². The van der Waals surface area contributed by atoms with E-state index < -0.39 is 0 Å². The molecule has 0 bridgehead atoms. The number of phenolic OH excluding ortho intramolecular Hbond substituents is 1. The first kappa shape index (κ1) is 9.58. The minimum Gasteiger partial charge on any atom is -0.508 e. The fraction of sp³-hybridized carbons (Fsp3) is 0.300. The van der Waals surface area contributed by atoms with Crippen molar-refractivity contribution in [2.45, 2.75) is 13.3 Å². The summed E-state index contributed by atoms with van der Waals surface area (Å²) in [5, 5.41) is 9.18. The standard InChI is InChI=1S/C10H14N2O/c1-2-6-12-10(11)8-4-3-5-9(13)7-8/h3-5,7,13H,2,6H2,1H3,(H2,11,12). The molecule has 3 nitrogen and oxygen atoms in total. The van der Waals surface area contributed by atoms with E-state index in [1.165, 1.54) is 0 Å². The van der Waals surface area contributed by atoms with Crippen molar-refractivity contribution in [3.8, 4) is 5.75 Å². The van der Waals surface area contributed by atoms with Crippen molar-refractivity contribution in [3.05, 3.63) is 29.8 Å². The van der Waals surface area contributed by atoms with Crippen LogP contribution in [-0.2, 0) is 0 Å². The number of phenols is 1. The Kier molecular flexibility index (Phi) is 3.31. The molecule has 0 aliphatic rings. The molecule has 0 aliphatic heterocycles. The summed E-state index contributed by atoms with van der Waals surface area (Å²) in [5.41, 5.74) is 6.46. The molecule has 0 aliphatic carbocycles. The summed E-state index contributed by atoms with van der Waals surface area (Å²) in [6, 6.07) is 6.79. The van der Waals surface area contributed by atoms with Crippen LogP contribution in [0, 0.1) is 0 Å². The van der Waals surface area contributed by atoms with E-state index in [1.54, 1.807) is 18.2 Å². The van der Waals surface area contributed by atoms with E-state index >= 15 is 0 Å². The molecule has 3 heteroatoms. The molecule has 0 saturated heterocycles. The molecule has 1 aromatic rings. The lowest BCUT2D eigenvalue weighted by molar-refractivity contribution is 0.475. The summed E-state index contributed by atoms with van der Waals surface area (Å²) >= 11 is 0. The molecule has 3 N–H and O–H groups in total. The molecule has 0 aromatic heterocycles. The number of rotatable bonds is 3. The van der Waals surface area contributed by atoms with Crippen molar-refractivity contribution in [1.82, 2.24) is 0 Å². The summed E-state index contributed by atoms with van der Waals surface area (Å²) in [5.74, 6) is 0.699. The third-order valence-electron chi connectivity index (χ3n) is 1.65. The second-order valence-corrected chi connectivity index (χ2v) is 2.82. The molecular weight excluding hydrogens is 164 g/mol. The van der Waals surface area contributed by atoms with E-state index in [1.807, 2.05) is 13.0 Å². The molecule has 70 valence electrons. The van der Waals surface area contributed by atoms with E-state index in [0.29, 0.717) is 5.84 Å². The van der Waals surface area contributed by atoms with E-state index in [0.717, 1.165) is 18.5 Å². The molecule has 0 saturated carbocycles. The highest BCUT2D eigenvalue weighted by Crippen LogP contribution is 2.10. The number of hydrogen-bond acceptors (Lipinski definition) is 2. The second-order valence-electron chi connectivity index (χ2n) is 2.82. The van der Waals surface area contributed by atoms with Gasteiger partial charge in [0.2, 0.25) is 0 Å². The molecule has 0 atom stereocenters. The molecular formula is C10H14N2O. The maximum absolute atomic E-state index is 9.18. The van der Waals surface area contributed by atoms with Crippen molar-refractivity contribution in [2.24, 2.45) is 10.7 Å². The van der Waals surface area contributed by atoms with Crippen LogP contribution in [0.5, 0.6) is 5.75 Å². The molecule has 13 heavy (non-hydrogen) atoms. The van der Waals surface area contributed by atoms with Crippen LogP contribution in [0.1, 0.15) is 18.9 Å². The van der Waals surface area contributed by atoms with Crippen molar-refractivity contribution >= 4 is 5.84 Å². The summed E-state index contributed by atoms with van der Waals surface area (Å²) in [4.78, 5) is 4.14. The molecule has 0 heterocycles. The van der Waals surface area contributed by atoms with Gasteiger partial charge in [0, 0.05) is 12.1 Å². The maximum atomic E-state index is 9.18. The molecule has 1 rings (SSSR count). The van der Waals surface area contributed by atoms with Gasteiger partial charge >= 0.3 is 0 Å². The van der Waals surface area contributed by atoms with Crippen molar-refractivity contribution < 1.29 is 5.11 Å². The highest BCUT2D eigenvalue weighted by molar-refractivity contribution is 5.97. The van der Waals surface area contributed by atoms with Crippen LogP contribution >= 0.6 is 0 Å². The smallest absolute Gasteiger partial charge is 0.125 e. The lowest BCUT2D eigenvalue weighted by Gasteiger charge is -2.00. The summed E-state index contributed by atoms with van der Waals surface area (Å²) in [6.45, 7) is 2.76. The van der Waals surface area contributed by atoms with Gasteiger partial charge in [0.05, 0.1) is 0 Å². The Morgan fingerprint density at radius 1 is 1.54 bits per heavy atom. The van der Waals surface area contributed by atoms with Crippen LogP contribution in [0.4, 0.5) is 0 Å². The van der Waals surface area contributed by atoms with Gasteiger partial charge in [-0.25, -0.2) is 0 Å². The van der Waals surface area contributed by atoms with Crippen molar-refractivity contribution in [2.75, 3.05) is 6.54 Å². The summed E-state index contributed by atoms with van der Waals surface area (Å²) in [7, 11) is 0. The number of hydrogen-bond donors (Lipinski definition) is 2. The zero-order valence-corrected chi connectivity index (χ0v) is 7.70. The third-order valence-corrected chi connectivity index (χ3v) is 1.65. The highest BCUT2D eigenvalue weighted by Gasteiger charge is 1.97. The van der Waals surface area contributed by atoms with Gasteiger partial charge in [0.25, 0.3) is 0 Å². The number of benzene rings is 1. The first-order valence-electron chi connectivity index (χ1n) is 4.33. The van der Waals surface area contributed by atoms with Crippen LogP contribution in [0.2, 0.25) is 0 Å². The molecule has 0 fully saturated rings. The second kappa shape index (κ2) is 4.50. The van der Waals surface area contributed by atoms with Gasteiger partial charge in [0.15, 0.2) is 0 Å². The Morgan fingerprint density at radius 2 is 2.31 bits per heavy atom. The van der Waals surface area contributed by atoms with E-state index in [9.17, 15) is 5.11 Å². The van der Waals surface area contributed by atoms with Gasteiger partial charge in [-0.1, -0.05) is 19.1 Å². The molecule has 1 aromatic carbocycles. The van der Waals surface area contributed by atoms with Gasteiger partial charge in [-0.3, -0.25) is 4.99 Å². The molecule has 0 spiro atoms. The largest absolute Gasteiger partial charge is 0.508 e. The lowest BCUT2D eigenvalue weighted by atomic mass is 10.2. The molecule has 0 radical (unpaired) electrons. The number of aliphatic imine (C=N–C) groups is 1. The highest BCUT2D eigenvalue weighted by atomic mass is 16.3. The quantitative estimate of drug-likeness (QED) is 0.544. The van der Waals surface area contributed by atoms with Crippen LogP contribution in [-0.4, -0.2) is 17.5 Å². The van der Waals surface area contributed by atoms with Gasteiger partial charge < -0.3 is 10.8 Å².